The molecule has 0 spiro atoms. The fourth-order valence-corrected chi connectivity index (χ4v) is 1.96. The van der Waals surface area contributed by atoms with Crippen LogP contribution in [-0.4, -0.2) is 16.6 Å². The molecule has 0 unspecified atom stereocenters. The van der Waals surface area contributed by atoms with Crippen LogP contribution in [0.5, 0.6) is 17.5 Å². The number of benzene rings is 2. The minimum atomic E-state index is 0.430. The molecule has 0 bridgehead atoms. The number of H-pyrrole nitrogens is 1. The summed E-state index contributed by atoms with van der Waals surface area (Å²) in [5.74, 6) is 1.44. The summed E-state index contributed by atoms with van der Waals surface area (Å²) < 4.78 is 11.1. The highest BCUT2D eigenvalue weighted by atomic mass is 16.5. The number of hydrogen-bond acceptors (Lipinski definition) is 4. The van der Waals surface area contributed by atoms with E-state index in [0.29, 0.717) is 24.1 Å². The van der Waals surface area contributed by atoms with Crippen molar-refractivity contribution >= 4 is 16.7 Å². The molecule has 5 heteroatoms. The topological polar surface area (TPSA) is 73.2 Å². The second-order valence-corrected chi connectivity index (χ2v) is 4.33. The van der Waals surface area contributed by atoms with E-state index in [0.717, 1.165) is 16.8 Å². The van der Waals surface area contributed by atoms with Crippen molar-refractivity contribution < 1.29 is 9.47 Å². The molecule has 3 rings (SSSR count). The Morgan fingerprint density at radius 3 is 2.85 bits per heavy atom. The zero-order valence-electron chi connectivity index (χ0n) is 11.1. The highest BCUT2D eigenvalue weighted by Crippen LogP contribution is 2.25. The van der Waals surface area contributed by atoms with E-state index in [9.17, 15) is 0 Å². The van der Waals surface area contributed by atoms with Crippen LogP contribution in [0.2, 0.25) is 0 Å². The Morgan fingerprint density at radius 2 is 2.00 bits per heavy atom. The van der Waals surface area contributed by atoms with E-state index in [1.165, 1.54) is 0 Å². The van der Waals surface area contributed by atoms with Crippen molar-refractivity contribution in [2.45, 2.75) is 6.92 Å². The molecule has 0 aliphatic heterocycles. The zero-order chi connectivity index (χ0) is 13.9. The van der Waals surface area contributed by atoms with Crippen molar-refractivity contribution in [1.29, 1.82) is 0 Å². The summed E-state index contributed by atoms with van der Waals surface area (Å²) in [6.07, 6.45) is 0. The van der Waals surface area contributed by atoms with Gasteiger partial charge in [-0.15, -0.1) is 0 Å². The summed E-state index contributed by atoms with van der Waals surface area (Å²) >= 11 is 0. The van der Waals surface area contributed by atoms with Gasteiger partial charge in [0.25, 0.3) is 6.01 Å². The number of nitrogen functional groups attached to an aromatic ring is 1. The van der Waals surface area contributed by atoms with Gasteiger partial charge in [0, 0.05) is 11.8 Å². The van der Waals surface area contributed by atoms with Crippen molar-refractivity contribution in [3.8, 4) is 17.5 Å². The summed E-state index contributed by atoms with van der Waals surface area (Å²) in [5, 5.41) is 0. The Labute approximate surface area is 116 Å². The Bertz CT molecular complexity index is 737. The molecule has 0 radical (unpaired) electrons. The number of anilines is 1. The molecule has 0 aliphatic rings. The van der Waals surface area contributed by atoms with E-state index in [-0.39, 0.29) is 0 Å². The Kier molecular flexibility index (Phi) is 3.16. The lowest BCUT2D eigenvalue weighted by Gasteiger charge is -2.05. The van der Waals surface area contributed by atoms with Gasteiger partial charge in [-0.3, -0.25) is 0 Å². The Balaban J connectivity index is 1.87. The molecule has 2 aromatic carbocycles. The predicted molar refractivity (Wildman–Crippen MR) is 78.2 cm³/mol. The van der Waals surface area contributed by atoms with E-state index >= 15 is 0 Å². The second kappa shape index (κ2) is 5.13. The SMILES string of the molecule is CCOc1cccc(Oc2nc3ccc(N)cc3[nH]2)c1. The van der Waals surface area contributed by atoms with Crippen molar-refractivity contribution in [1.82, 2.24) is 9.97 Å². The van der Waals surface area contributed by atoms with Gasteiger partial charge < -0.3 is 20.2 Å². The van der Waals surface area contributed by atoms with Crippen LogP contribution >= 0.6 is 0 Å². The molecule has 1 heterocycles. The van der Waals surface area contributed by atoms with E-state index in [2.05, 4.69) is 9.97 Å². The number of aromatic nitrogens is 2. The molecule has 0 fully saturated rings. The first-order valence-corrected chi connectivity index (χ1v) is 6.40. The van der Waals surface area contributed by atoms with Gasteiger partial charge >= 0.3 is 0 Å². The highest BCUT2D eigenvalue weighted by Gasteiger charge is 2.06. The van der Waals surface area contributed by atoms with Crippen molar-refractivity contribution in [3.05, 3.63) is 42.5 Å². The van der Waals surface area contributed by atoms with E-state index in [1.807, 2.05) is 49.4 Å². The van der Waals surface area contributed by atoms with Crippen molar-refractivity contribution in [2.24, 2.45) is 0 Å². The van der Waals surface area contributed by atoms with E-state index in [4.69, 9.17) is 15.2 Å². The maximum atomic E-state index is 5.73. The number of nitrogens with zero attached hydrogens (tertiary/aromatic N) is 1. The maximum Gasteiger partial charge on any atom is 0.300 e. The van der Waals surface area contributed by atoms with Crippen molar-refractivity contribution in [2.75, 3.05) is 12.3 Å². The van der Waals surface area contributed by atoms with Crippen LogP contribution in [0, 0.1) is 0 Å². The average molecular weight is 269 g/mol. The molecule has 1 aromatic heterocycles. The molecule has 0 amide bonds. The maximum absolute atomic E-state index is 5.73. The lowest BCUT2D eigenvalue weighted by Crippen LogP contribution is -1.92. The highest BCUT2D eigenvalue weighted by molar-refractivity contribution is 5.79. The number of rotatable bonds is 4. The molecule has 0 saturated heterocycles. The minimum absolute atomic E-state index is 0.430. The summed E-state index contributed by atoms with van der Waals surface area (Å²) in [6, 6.07) is 13.4. The standard InChI is InChI=1S/C15H15N3O2/c1-2-19-11-4-3-5-12(9-11)20-15-17-13-7-6-10(16)8-14(13)18-15/h3-9H,2,16H2,1H3,(H,17,18). The number of nitrogens with one attached hydrogen (secondary N) is 1. The summed E-state index contributed by atoms with van der Waals surface area (Å²) in [7, 11) is 0. The third-order valence-corrected chi connectivity index (χ3v) is 2.82. The van der Waals surface area contributed by atoms with Gasteiger partial charge in [0.1, 0.15) is 11.5 Å². The third kappa shape index (κ3) is 2.51. The summed E-state index contributed by atoms with van der Waals surface area (Å²) in [6.45, 7) is 2.56. The van der Waals surface area contributed by atoms with Gasteiger partial charge in [-0.1, -0.05) is 6.07 Å². The van der Waals surface area contributed by atoms with Crippen LogP contribution in [0.15, 0.2) is 42.5 Å². The fourth-order valence-electron chi connectivity index (χ4n) is 1.96. The molecular weight excluding hydrogens is 254 g/mol. The van der Waals surface area contributed by atoms with E-state index < -0.39 is 0 Å². The molecular formula is C15H15N3O2. The first-order valence-electron chi connectivity index (χ1n) is 6.40. The van der Waals surface area contributed by atoms with Crippen LogP contribution in [0.1, 0.15) is 6.92 Å². The van der Waals surface area contributed by atoms with Gasteiger partial charge in [-0.2, -0.15) is 4.98 Å². The zero-order valence-corrected chi connectivity index (χ0v) is 11.1. The molecule has 0 aliphatic carbocycles. The van der Waals surface area contributed by atoms with E-state index in [1.54, 1.807) is 0 Å². The van der Waals surface area contributed by atoms with Crippen LogP contribution < -0.4 is 15.2 Å². The Morgan fingerprint density at radius 1 is 1.15 bits per heavy atom. The molecule has 3 N–H and O–H groups in total. The average Bonchev–Trinajstić information content (AvgIpc) is 2.81. The fraction of sp³-hybridized carbons (Fsp3) is 0.133. The number of imidazole rings is 1. The molecule has 5 nitrogen and oxygen atoms in total. The number of hydrogen-bond donors (Lipinski definition) is 2. The lowest BCUT2D eigenvalue weighted by atomic mass is 10.3. The summed E-state index contributed by atoms with van der Waals surface area (Å²) in [5.41, 5.74) is 8.08. The smallest absolute Gasteiger partial charge is 0.300 e. The quantitative estimate of drug-likeness (QED) is 0.712. The first-order chi connectivity index (χ1) is 9.74. The monoisotopic (exact) mass is 269 g/mol. The van der Waals surface area contributed by atoms with Crippen LogP contribution in [0.3, 0.4) is 0 Å². The molecule has 102 valence electrons. The molecule has 3 aromatic rings. The van der Waals surface area contributed by atoms with Gasteiger partial charge in [0.05, 0.1) is 17.6 Å². The number of ether oxygens (including phenoxy) is 2. The van der Waals surface area contributed by atoms with Crippen molar-refractivity contribution in [3.63, 3.8) is 0 Å². The van der Waals surface area contributed by atoms with Gasteiger partial charge in [0.15, 0.2) is 0 Å². The summed E-state index contributed by atoms with van der Waals surface area (Å²) in [4.78, 5) is 7.43. The lowest BCUT2D eigenvalue weighted by molar-refractivity contribution is 0.337. The molecule has 0 saturated carbocycles. The normalized spacial score (nSPS) is 10.7. The number of aromatic amines is 1. The third-order valence-electron chi connectivity index (χ3n) is 2.82. The number of nitrogens with two attached hydrogens (primary N) is 1. The minimum Gasteiger partial charge on any atom is -0.494 e. The molecule has 0 atom stereocenters. The largest absolute Gasteiger partial charge is 0.494 e. The Hall–Kier alpha value is -2.69. The van der Waals surface area contributed by atoms with Crippen LogP contribution in [0.25, 0.3) is 11.0 Å². The molecule has 20 heavy (non-hydrogen) atoms. The first kappa shape index (κ1) is 12.3. The van der Waals surface area contributed by atoms with Gasteiger partial charge in [-0.25, -0.2) is 0 Å². The van der Waals surface area contributed by atoms with Crippen LogP contribution in [0.4, 0.5) is 5.69 Å². The number of fused-ring (bicyclic) bond motifs is 1. The van der Waals surface area contributed by atoms with Crippen LogP contribution in [-0.2, 0) is 0 Å². The predicted octanol–water partition coefficient (Wildman–Crippen LogP) is 3.34. The van der Waals surface area contributed by atoms with Gasteiger partial charge in [-0.05, 0) is 37.3 Å². The second-order valence-electron chi connectivity index (χ2n) is 4.33. The van der Waals surface area contributed by atoms with Gasteiger partial charge in [0.2, 0.25) is 0 Å².